The molecular formula is C22H17F3N2O3. The van der Waals surface area contributed by atoms with Crippen molar-refractivity contribution in [3.8, 4) is 11.5 Å². The van der Waals surface area contributed by atoms with Crippen molar-refractivity contribution in [2.45, 2.75) is 12.6 Å². The molecule has 5 nitrogen and oxygen atoms in total. The zero-order valence-corrected chi connectivity index (χ0v) is 15.6. The average molecular weight is 414 g/mol. The second-order valence-corrected chi connectivity index (χ2v) is 6.29. The van der Waals surface area contributed by atoms with Gasteiger partial charge >= 0.3 is 6.18 Å². The van der Waals surface area contributed by atoms with Crippen molar-refractivity contribution in [2.75, 3.05) is 10.6 Å². The molecule has 0 aliphatic rings. The van der Waals surface area contributed by atoms with Crippen LogP contribution in [0.3, 0.4) is 0 Å². The van der Waals surface area contributed by atoms with Gasteiger partial charge in [0.2, 0.25) is 11.8 Å². The molecule has 0 spiro atoms. The lowest BCUT2D eigenvalue weighted by molar-refractivity contribution is -0.137. The number of nitrogens with one attached hydrogen (secondary N) is 2. The van der Waals surface area contributed by atoms with Gasteiger partial charge in [0.25, 0.3) is 0 Å². The molecule has 0 saturated carbocycles. The lowest BCUT2D eigenvalue weighted by Gasteiger charge is -2.10. The van der Waals surface area contributed by atoms with Crippen molar-refractivity contribution in [1.29, 1.82) is 0 Å². The highest BCUT2D eigenvalue weighted by Gasteiger charge is 2.30. The molecule has 0 fully saturated rings. The highest BCUT2D eigenvalue weighted by Crippen LogP contribution is 2.29. The fourth-order valence-corrected chi connectivity index (χ4v) is 2.53. The Kier molecular flexibility index (Phi) is 6.36. The fourth-order valence-electron chi connectivity index (χ4n) is 2.53. The molecule has 3 rings (SSSR count). The number of hydrogen-bond acceptors (Lipinski definition) is 3. The first-order chi connectivity index (χ1) is 14.3. The second-order valence-electron chi connectivity index (χ2n) is 6.29. The smallest absolute Gasteiger partial charge is 0.416 e. The van der Waals surface area contributed by atoms with E-state index in [1.54, 1.807) is 24.3 Å². The Morgan fingerprint density at radius 2 is 1.17 bits per heavy atom. The van der Waals surface area contributed by atoms with Gasteiger partial charge in [0.05, 0.1) is 5.56 Å². The number of anilines is 2. The largest absolute Gasteiger partial charge is 0.457 e. The topological polar surface area (TPSA) is 67.4 Å². The first kappa shape index (κ1) is 20.9. The Bertz CT molecular complexity index is 1000. The third-order valence-electron chi connectivity index (χ3n) is 3.93. The van der Waals surface area contributed by atoms with E-state index in [4.69, 9.17) is 4.74 Å². The van der Waals surface area contributed by atoms with Gasteiger partial charge in [-0.1, -0.05) is 18.2 Å². The van der Waals surface area contributed by atoms with Crippen LogP contribution in [0.15, 0.2) is 78.9 Å². The summed E-state index contributed by atoms with van der Waals surface area (Å²) in [6, 6.07) is 19.8. The van der Waals surface area contributed by atoms with Gasteiger partial charge in [0.1, 0.15) is 17.9 Å². The number of halogens is 3. The van der Waals surface area contributed by atoms with E-state index in [9.17, 15) is 22.8 Å². The number of alkyl halides is 3. The number of hydrogen-bond donors (Lipinski definition) is 2. The molecule has 0 aromatic heterocycles. The fraction of sp³-hybridized carbons (Fsp3) is 0.0909. The zero-order valence-electron chi connectivity index (χ0n) is 15.6. The normalized spacial score (nSPS) is 10.9. The molecule has 0 heterocycles. The summed E-state index contributed by atoms with van der Waals surface area (Å²) in [7, 11) is 0. The Labute approximate surface area is 170 Å². The third kappa shape index (κ3) is 6.10. The Morgan fingerprint density at radius 1 is 0.700 bits per heavy atom. The lowest BCUT2D eigenvalue weighted by Crippen LogP contribution is -2.21. The summed E-state index contributed by atoms with van der Waals surface area (Å²) >= 11 is 0. The van der Waals surface area contributed by atoms with Crippen LogP contribution in [0.5, 0.6) is 11.5 Å². The van der Waals surface area contributed by atoms with Crippen LogP contribution in [-0.4, -0.2) is 11.8 Å². The lowest BCUT2D eigenvalue weighted by atomic mass is 10.2. The van der Waals surface area contributed by atoms with Crippen LogP contribution >= 0.6 is 0 Å². The number of ether oxygens (including phenoxy) is 1. The number of carbonyl (C=O) groups is 2. The van der Waals surface area contributed by atoms with E-state index in [1.165, 1.54) is 0 Å². The number of para-hydroxylation sites is 1. The van der Waals surface area contributed by atoms with Crippen LogP contribution < -0.4 is 15.4 Å². The maximum Gasteiger partial charge on any atom is 0.416 e. The van der Waals surface area contributed by atoms with E-state index < -0.39 is 30.0 Å². The van der Waals surface area contributed by atoms with Crippen LogP contribution in [0.25, 0.3) is 0 Å². The van der Waals surface area contributed by atoms with Crippen LogP contribution in [0, 0.1) is 0 Å². The standard InChI is InChI=1S/C22H17F3N2O3/c23-22(24,25)15-6-8-16(9-7-15)26-20(28)14-21(29)27-17-10-12-19(13-11-17)30-18-4-2-1-3-5-18/h1-13H,14H2,(H,26,28)(H,27,29). The summed E-state index contributed by atoms with van der Waals surface area (Å²) in [6.07, 6.45) is -4.94. The molecule has 0 unspecified atom stereocenters. The van der Waals surface area contributed by atoms with Crippen LogP contribution in [0.4, 0.5) is 24.5 Å². The molecule has 3 aromatic carbocycles. The van der Waals surface area contributed by atoms with Crippen LogP contribution in [-0.2, 0) is 15.8 Å². The second kappa shape index (κ2) is 9.13. The molecule has 2 N–H and O–H groups in total. The molecule has 0 saturated heterocycles. The van der Waals surface area contributed by atoms with Gasteiger partial charge in [-0.15, -0.1) is 0 Å². The van der Waals surface area contributed by atoms with E-state index >= 15 is 0 Å². The zero-order chi connectivity index (χ0) is 21.6. The number of rotatable bonds is 6. The molecule has 0 aliphatic carbocycles. The van der Waals surface area contributed by atoms with Crippen molar-refractivity contribution in [3.63, 3.8) is 0 Å². The van der Waals surface area contributed by atoms with E-state index in [0.29, 0.717) is 17.2 Å². The van der Waals surface area contributed by atoms with Crippen molar-refractivity contribution < 1.29 is 27.5 Å². The summed E-state index contributed by atoms with van der Waals surface area (Å²) in [5.41, 5.74) is -0.177. The van der Waals surface area contributed by atoms with E-state index in [0.717, 1.165) is 24.3 Å². The van der Waals surface area contributed by atoms with Crippen LogP contribution in [0.1, 0.15) is 12.0 Å². The van der Waals surface area contributed by atoms with Gasteiger partial charge in [-0.3, -0.25) is 9.59 Å². The first-order valence-electron chi connectivity index (χ1n) is 8.89. The molecule has 0 atom stereocenters. The monoisotopic (exact) mass is 414 g/mol. The Morgan fingerprint density at radius 3 is 1.67 bits per heavy atom. The highest BCUT2D eigenvalue weighted by molar-refractivity contribution is 6.08. The van der Waals surface area contributed by atoms with Gasteiger partial charge < -0.3 is 15.4 Å². The summed E-state index contributed by atoms with van der Waals surface area (Å²) < 4.78 is 43.3. The molecule has 154 valence electrons. The van der Waals surface area contributed by atoms with Gasteiger partial charge in [0, 0.05) is 11.4 Å². The predicted molar refractivity (Wildman–Crippen MR) is 106 cm³/mol. The summed E-state index contributed by atoms with van der Waals surface area (Å²) in [5, 5.41) is 4.96. The quantitative estimate of drug-likeness (QED) is 0.526. The van der Waals surface area contributed by atoms with Crippen molar-refractivity contribution >= 4 is 23.2 Å². The molecule has 2 amide bonds. The molecule has 8 heteroatoms. The minimum atomic E-state index is -4.45. The van der Waals surface area contributed by atoms with Crippen molar-refractivity contribution in [2.24, 2.45) is 0 Å². The van der Waals surface area contributed by atoms with E-state index in [2.05, 4.69) is 10.6 Å². The number of amides is 2. The summed E-state index contributed by atoms with van der Waals surface area (Å²) in [6.45, 7) is 0. The molecule has 0 bridgehead atoms. The minimum absolute atomic E-state index is 0.170. The average Bonchev–Trinajstić information content (AvgIpc) is 2.70. The Hall–Kier alpha value is -3.81. The molecule has 0 aliphatic heterocycles. The van der Waals surface area contributed by atoms with E-state index in [1.807, 2.05) is 30.3 Å². The maximum atomic E-state index is 12.5. The summed E-state index contributed by atoms with van der Waals surface area (Å²) in [4.78, 5) is 24.0. The van der Waals surface area contributed by atoms with Gasteiger partial charge in [-0.25, -0.2) is 0 Å². The first-order valence-corrected chi connectivity index (χ1v) is 8.89. The van der Waals surface area contributed by atoms with Crippen molar-refractivity contribution in [1.82, 2.24) is 0 Å². The molecule has 3 aromatic rings. The van der Waals surface area contributed by atoms with Gasteiger partial charge in [-0.2, -0.15) is 13.2 Å². The van der Waals surface area contributed by atoms with Crippen LogP contribution in [0.2, 0.25) is 0 Å². The summed E-state index contributed by atoms with van der Waals surface area (Å²) in [5.74, 6) is 0.0564. The van der Waals surface area contributed by atoms with Crippen molar-refractivity contribution in [3.05, 3.63) is 84.4 Å². The molecular weight excluding hydrogens is 397 g/mol. The van der Waals surface area contributed by atoms with Gasteiger partial charge in [0.15, 0.2) is 0 Å². The highest BCUT2D eigenvalue weighted by atomic mass is 19.4. The predicted octanol–water partition coefficient (Wildman–Crippen LogP) is 5.47. The van der Waals surface area contributed by atoms with Gasteiger partial charge in [-0.05, 0) is 60.7 Å². The third-order valence-corrected chi connectivity index (χ3v) is 3.93. The minimum Gasteiger partial charge on any atom is -0.457 e. The van der Waals surface area contributed by atoms with E-state index in [-0.39, 0.29) is 5.69 Å². The molecule has 30 heavy (non-hydrogen) atoms. The number of benzene rings is 3. The number of carbonyl (C=O) groups excluding carboxylic acids is 2. The SMILES string of the molecule is O=C(CC(=O)Nc1ccc(C(F)(F)F)cc1)Nc1ccc(Oc2ccccc2)cc1. The maximum absolute atomic E-state index is 12.5. The Balaban J connectivity index is 1.49. The molecule has 0 radical (unpaired) electrons.